The number of thiophene rings is 1. The molecule has 4 rings (SSSR count). The Balaban J connectivity index is 1.30. The molecule has 0 radical (unpaired) electrons. The van der Waals surface area contributed by atoms with Gasteiger partial charge in [-0.25, -0.2) is 4.79 Å². The second-order valence-corrected chi connectivity index (χ2v) is 9.29. The Morgan fingerprint density at radius 1 is 0.941 bits per heavy atom. The molecule has 0 saturated carbocycles. The molecule has 3 aromatic rings. The largest absolute Gasteiger partial charge is 0.481 e. The Kier molecular flexibility index (Phi) is 7.27. The maximum absolute atomic E-state index is 12.5. The van der Waals surface area contributed by atoms with Crippen LogP contribution < -0.4 is 10.6 Å². The van der Waals surface area contributed by atoms with Crippen LogP contribution in [0.1, 0.15) is 47.7 Å². The van der Waals surface area contributed by atoms with E-state index in [9.17, 15) is 14.4 Å². The number of carboxylic acids is 1. The van der Waals surface area contributed by atoms with Crippen LogP contribution in [0.5, 0.6) is 0 Å². The molecule has 2 amide bonds. The number of aliphatic carboxylic acids is 1. The number of alkyl carbamates (subject to hydrolysis) is 1. The van der Waals surface area contributed by atoms with Gasteiger partial charge in [-0.2, -0.15) is 0 Å². The van der Waals surface area contributed by atoms with E-state index < -0.39 is 24.1 Å². The average Bonchev–Trinajstić information content (AvgIpc) is 3.44. The van der Waals surface area contributed by atoms with Gasteiger partial charge in [-0.15, -0.1) is 11.3 Å². The van der Waals surface area contributed by atoms with Crippen molar-refractivity contribution in [2.45, 2.75) is 37.8 Å². The van der Waals surface area contributed by atoms with Crippen LogP contribution in [-0.4, -0.2) is 35.7 Å². The van der Waals surface area contributed by atoms with Gasteiger partial charge in [-0.1, -0.05) is 54.6 Å². The van der Waals surface area contributed by atoms with E-state index in [1.807, 2.05) is 35.7 Å². The van der Waals surface area contributed by atoms with Crippen molar-refractivity contribution in [1.29, 1.82) is 0 Å². The minimum atomic E-state index is -0.997. The molecular weight excluding hydrogens is 452 g/mol. The van der Waals surface area contributed by atoms with Gasteiger partial charge >= 0.3 is 12.1 Å². The second kappa shape index (κ2) is 10.5. The maximum Gasteiger partial charge on any atom is 0.407 e. The zero-order chi connectivity index (χ0) is 24.1. The Morgan fingerprint density at radius 3 is 2.18 bits per heavy atom. The van der Waals surface area contributed by atoms with E-state index in [0.29, 0.717) is 0 Å². The number of benzene rings is 2. The van der Waals surface area contributed by atoms with E-state index in [1.54, 1.807) is 13.0 Å². The van der Waals surface area contributed by atoms with Crippen molar-refractivity contribution >= 4 is 29.3 Å². The minimum absolute atomic E-state index is 0.00564. The normalized spacial score (nSPS) is 13.9. The fourth-order valence-corrected chi connectivity index (χ4v) is 5.09. The van der Waals surface area contributed by atoms with E-state index in [-0.39, 0.29) is 31.3 Å². The summed E-state index contributed by atoms with van der Waals surface area (Å²) in [7, 11) is 0. The number of carbonyl (C=O) groups excluding carboxylic acids is 2. The molecular formula is C26H26N2O5S. The third-order valence-corrected chi connectivity index (χ3v) is 6.79. The van der Waals surface area contributed by atoms with Crippen LogP contribution in [-0.2, 0) is 14.3 Å². The first kappa shape index (κ1) is 23.5. The summed E-state index contributed by atoms with van der Waals surface area (Å²) in [6.45, 7) is 1.90. The van der Waals surface area contributed by atoms with E-state index in [4.69, 9.17) is 9.84 Å². The van der Waals surface area contributed by atoms with Crippen molar-refractivity contribution in [2.24, 2.45) is 0 Å². The van der Waals surface area contributed by atoms with Crippen LogP contribution in [0.25, 0.3) is 11.1 Å². The zero-order valence-electron chi connectivity index (χ0n) is 18.7. The van der Waals surface area contributed by atoms with Gasteiger partial charge in [0.15, 0.2) is 0 Å². The van der Waals surface area contributed by atoms with E-state index >= 15 is 0 Å². The highest BCUT2D eigenvalue weighted by Gasteiger charge is 2.29. The third kappa shape index (κ3) is 5.46. The molecule has 176 valence electrons. The first-order chi connectivity index (χ1) is 16.4. The molecule has 1 aliphatic carbocycles. The summed E-state index contributed by atoms with van der Waals surface area (Å²) in [4.78, 5) is 36.8. The molecule has 0 aliphatic heterocycles. The highest BCUT2D eigenvalue weighted by Crippen LogP contribution is 2.44. The van der Waals surface area contributed by atoms with Crippen LogP contribution in [0, 0.1) is 0 Å². The van der Waals surface area contributed by atoms with Crippen LogP contribution in [0.3, 0.4) is 0 Å². The van der Waals surface area contributed by atoms with Crippen molar-refractivity contribution in [3.05, 3.63) is 82.0 Å². The summed E-state index contributed by atoms with van der Waals surface area (Å²) < 4.78 is 5.53. The van der Waals surface area contributed by atoms with Gasteiger partial charge in [0.2, 0.25) is 5.91 Å². The Morgan fingerprint density at radius 2 is 1.59 bits per heavy atom. The lowest BCUT2D eigenvalue weighted by molar-refractivity contribution is -0.137. The van der Waals surface area contributed by atoms with Crippen LogP contribution in [0.4, 0.5) is 4.79 Å². The lowest BCUT2D eigenvalue weighted by atomic mass is 9.98. The summed E-state index contributed by atoms with van der Waals surface area (Å²) in [6, 6.07) is 18.7. The van der Waals surface area contributed by atoms with Gasteiger partial charge in [0.25, 0.3) is 0 Å². The Bertz CT molecular complexity index is 1130. The summed E-state index contributed by atoms with van der Waals surface area (Å²) in [5, 5.41) is 16.4. The molecule has 8 heteroatoms. The van der Waals surface area contributed by atoms with E-state index in [1.165, 1.54) is 11.3 Å². The standard InChI is InChI=1S/C26H26N2O5S/c1-16(13-24(29)28-22(14-25(30)31)23-11-6-12-34-23)27-26(32)33-15-21-19-9-4-2-7-17(19)18-8-3-5-10-20(18)21/h2-12,16,21-22H,13-15H2,1H3,(H,27,32)(H,28,29)(H,30,31)/t16-,22?/m0/s1. The number of carbonyl (C=O) groups is 3. The minimum Gasteiger partial charge on any atom is -0.481 e. The second-order valence-electron chi connectivity index (χ2n) is 8.31. The lowest BCUT2D eigenvalue weighted by Crippen LogP contribution is -2.39. The van der Waals surface area contributed by atoms with Gasteiger partial charge in [0.1, 0.15) is 6.61 Å². The summed E-state index contributed by atoms with van der Waals surface area (Å²) in [5.74, 6) is -1.38. The SMILES string of the molecule is C[C@@H](CC(=O)NC(CC(=O)O)c1cccs1)NC(=O)OCC1c2ccccc2-c2ccccc21. The molecule has 0 saturated heterocycles. The molecule has 7 nitrogen and oxygen atoms in total. The summed E-state index contributed by atoms with van der Waals surface area (Å²) in [5.41, 5.74) is 4.56. The quantitative estimate of drug-likeness (QED) is 0.414. The van der Waals surface area contributed by atoms with Crippen molar-refractivity contribution in [1.82, 2.24) is 10.6 Å². The number of amides is 2. The van der Waals surface area contributed by atoms with Gasteiger partial charge in [0.05, 0.1) is 12.5 Å². The topological polar surface area (TPSA) is 105 Å². The van der Waals surface area contributed by atoms with E-state index in [0.717, 1.165) is 27.1 Å². The molecule has 1 aromatic heterocycles. The van der Waals surface area contributed by atoms with E-state index in [2.05, 4.69) is 34.9 Å². The zero-order valence-corrected chi connectivity index (χ0v) is 19.5. The van der Waals surface area contributed by atoms with Crippen molar-refractivity contribution in [3.63, 3.8) is 0 Å². The summed E-state index contributed by atoms with van der Waals surface area (Å²) in [6.07, 6.45) is -0.797. The average molecular weight is 479 g/mol. The van der Waals surface area contributed by atoms with Gasteiger partial charge in [-0.05, 0) is 40.6 Å². The third-order valence-electron chi connectivity index (χ3n) is 5.80. The number of hydrogen-bond donors (Lipinski definition) is 3. The molecule has 34 heavy (non-hydrogen) atoms. The Hall–Kier alpha value is -3.65. The van der Waals surface area contributed by atoms with Crippen LogP contribution in [0.2, 0.25) is 0 Å². The molecule has 3 N–H and O–H groups in total. The number of nitrogens with one attached hydrogen (secondary N) is 2. The maximum atomic E-state index is 12.5. The molecule has 1 aliphatic rings. The van der Waals surface area contributed by atoms with Crippen molar-refractivity contribution < 1.29 is 24.2 Å². The molecule has 2 atom stereocenters. The first-order valence-corrected chi connectivity index (χ1v) is 12.0. The fraction of sp³-hybridized carbons (Fsp3) is 0.269. The predicted molar refractivity (Wildman–Crippen MR) is 130 cm³/mol. The smallest absolute Gasteiger partial charge is 0.407 e. The number of fused-ring (bicyclic) bond motifs is 3. The summed E-state index contributed by atoms with van der Waals surface area (Å²) >= 11 is 1.39. The number of rotatable bonds is 9. The monoisotopic (exact) mass is 478 g/mol. The predicted octanol–water partition coefficient (Wildman–Crippen LogP) is 4.70. The Labute approximate surface area is 201 Å². The molecule has 0 bridgehead atoms. The van der Waals surface area contributed by atoms with Crippen molar-refractivity contribution in [3.8, 4) is 11.1 Å². The van der Waals surface area contributed by atoms with Crippen LogP contribution >= 0.6 is 11.3 Å². The number of hydrogen-bond acceptors (Lipinski definition) is 5. The van der Waals surface area contributed by atoms with Crippen LogP contribution in [0.15, 0.2) is 66.0 Å². The molecule has 0 spiro atoms. The number of ether oxygens (including phenoxy) is 1. The molecule has 0 fully saturated rings. The lowest BCUT2D eigenvalue weighted by Gasteiger charge is -2.19. The van der Waals surface area contributed by atoms with Gasteiger partial charge in [-0.3, -0.25) is 9.59 Å². The van der Waals surface area contributed by atoms with Crippen molar-refractivity contribution in [2.75, 3.05) is 6.61 Å². The number of carboxylic acid groups (broad SMARTS) is 1. The highest BCUT2D eigenvalue weighted by molar-refractivity contribution is 7.10. The van der Waals surface area contributed by atoms with Gasteiger partial charge in [0, 0.05) is 23.3 Å². The van der Waals surface area contributed by atoms with Gasteiger partial charge < -0.3 is 20.5 Å². The molecule has 2 aromatic carbocycles. The fourth-order valence-electron chi connectivity index (χ4n) is 4.31. The highest BCUT2D eigenvalue weighted by atomic mass is 32.1. The molecule has 1 heterocycles. The molecule has 1 unspecified atom stereocenters. The first-order valence-electron chi connectivity index (χ1n) is 11.1.